The summed E-state index contributed by atoms with van der Waals surface area (Å²) in [4.78, 5) is 5.23. The predicted molar refractivity (Wildman–Crippen MR) is 81.7 cm³/mol. The van der Waals surface area contributed by atoms with Crippen LogP contribution in [-0.2, 0) is 13.1 Å². The average molecular weight is 276 g/mol. The number of aromatic nitrogens is 2. The lowest BCUT2D eigenvalue weighted by molar-refractivity contribution is 0.124. The number of hydrogen-bond acceptors (Lipinski definition) is 3. The van der Waals surface area contributed by atoms with Crippen LogP contribution in [0.3, 0.4) is 0 Å². The van der Waals surface area contributed by atoms with Gasteiger partial charge in [0.25, 0.3) is 0 Å². The Balaban J connectivity index is 1.71. The topological polar surface area (TPSA) is 24.3 Å². The zero-order valence-corrected chi connectivity index (χ0v) is 13.2. The lowest BCUT2D eigenvalue weighted by atomic mass is 9.94. The van der Waals surface area contributed by atoms with Crippen molar-refractivity contribution in [2.24, 2.45) is 5.92 Å². The van der Waals surface area contributed by atoms with Crippen molar-refractivity contribution in [3.63, 3.8) is 0 Å². The van der Waals surface area contributed by atoms with E-state index in [-0.39, 0.29) is 0 Å². The summed E-state index contributed by atoms with van der Waals surface area (Å²) in [6, 6.07) is 0.743. The zero-order chi connectivity index (χ0) is 14.1. The molecule has 0 aromatic carbocycles. The van der Waals surface area contributed by atoms with Gasteiger partial charge >= 0.3 is 0 Å². The third-order valence-electron chi connectivity index (χ3n) is 4.88. The molecular weight excluding hydrogens is 248 g/mol. The van der Waals surface area contributed by atoms with Gasteiger partial charge in [-0.25, -0.2) is 0 Å². The maximum Gasteiger partial charge on any atom is 0.0638 e. The highest BCUT2D eigenvalue weighted by Crippen LogP contribution is 2.28. The Morgan fingerprint density at radius 3 is 2.90 bits per heavy atom. The maximum atomic E-state index is 4.65. The smallest absolute Gasteiger partial charge is 0.0638 e. The number of fused-ring (bicyclic) bond motifs is 4. The third-order valence-corrected chi connectivity index (χ3v) is 4.88. The van der Waals surface area contributed by atoms with Gasteiger partial charge in [0.2, 0.25) is 0 Å². The molecule has 0 radical (unpaired) electrons. The van der Waals surface area contributed by atoms with Gasteiger partial charge < -0.3 is 4.90 Å². The molecule has 1 aromatic rings. The van der Waals surface area contributed by atoms with E-state index in [9.17, 15) is 0 Å². The number of likely N-dealkylation sites (N-methyl/N-ethyl adjacent to an activating group) is 1. The van der Waals surface area contributed by atoms with Crippen LogP contribution in [0.4, 0.5) is 0 Å². The van der Waals surface area contributed by atoms with Gasteiger partial charge in [0.15, 0.2) is 0 Å². The SMILES string of the molecule is CCCn1cc(CN2C[C@@H]3CC[C@H]2CN(C)C3)c(C)n1. The number of aryl methyl sites for hydroxylation is 2. The van der Waals surface area contributed by atoms with E-state index in [2.05, 4.69) is 46.7 Å². The molecule has 4 rings (SSSR count). The highest BCUT2D eigenvalue weighted by atomic mass is 15.3. The van der Waals surface area contributed by atoms with Crippen LogP contribution in [-0.4, -0.2) is 52.3 Å². The van der Waals surface area contributed by atoms with Crippen molar-refractivity contribution < 1.29 is 0 Å². The van der Waals surface area contributed by atoms with Crippen LogP contribution in [0.1, 0.15) is 37.4 Å². The van der Waals surface area contributed by atoms with E-state index in [1.165, 1.54) is 43.7 Å². The Bertz CT molecular complexity index is 453. The van der Waals surface area contributed by atoms with Crippen molar-refractivity contribution in [2.75, 3.05) is 26.7 Å². The van der Waals surface area contributed by atoms with Crippen molar-refractivity contribution in [2.45, 2.75) is 52.2 Å². The van der Waals surface area contributed by atoms with Gasteiger partial charge in [-0.15, -0.1) is 0 Å². The normalized spacial score (nSPS) is 27.9. The molecule has 3 saturated heterocycles. The molecule has 0 aliphatic carbocycles. The van der Waals surface area contributed by atoms with E-state index in [0.29, 0.717) is 0 Å². The van der Waals surface area contributed by atoms with Gasteiger partial charge in [-0.05, 0) is 39.2 Å². The summed E-state index contributed by atoms with van der Waals surface area (Å²) < 4.78 is 2.12. The molecule has 20 heavy (non-hydrogen) atoms. The fourth-order valence-electron chi connectivity index (χ4n) is 3.88. The summed E-state index contributed by atoms with van der Waals surface area (Å²) in [6.07, 6.45) is 6.21. The van der Waals surface area contributed by atoms with Crippen LogP contribution in [0.2, 0.25) is 0 Å². The van der Waals surface area contributed by atoms with Crippen molar-refractivity contribution >= 4 is 0 Å². The lowest BCUT2D eigenvalue weighted by Crippen LogP contribution is -2.43. The van der Waals surface area contributed by atoms with Crippen molar-refractivity contribution in [1.82, 2.24) is 19.6 Å². The summed E-state index contributed by atoms with van der Waals surface area (Å²) in [6.45, 7) is 10.3. The van der Waals surface area contributed by atoms with Gasteiger partial charge in [-0.2, -0.15) is 5.10 Å². The van der Waals surface area contributed by atoms with Gasteiger partial charge in [-0.3, -0.25) is 9.58 Å². The molecule has 2 atom stereocenters. The quantitative estimate of drug-likeness (QED) is 0.842. The molecule has 1 aromatic heterocycles. The Hall–Kier alpha value is -0.870. The highest BCUT2D eigenvalue weighted by molar-refractivity contribution is 5.16. The number of nitrogens with zero attached hydrogens (tertiary/aromatic N) is 4. The second-order valence-corrected chi connectivity index (χ2v) is 6.75. The first-order chi connectivity index (χ1) is 9.65. The molecule has 0 unspecified atom stereocenters. The van der Waals surface area contributed by atoms with Gasteiger partial charge in [-0.1, -0.05) is 6.92 Å². The second-order valence-electron chi connectivity index (χ2n) is 6.75. The minimum atomic E-state index is 0.743. The van der Waals surface area contributed by atoms with E-state index in [1.54, 1.807) is 0 Å². The van der Waals surface area contributed by atoms with E-state index in [0.717, 1.165) is 31.5 Å². The minimum Gasteiger partial charge on any atom is -0.304 e. The molecule has 0 N–H and O–H groups in total. The van der Waals surface area contributed by atoms with Crippen LogP contribution in [0, 0.1) is 12.8 Å². The molecule has 2 bridgehead atoms. The molecule has 0 spiro atoms. The largest absolute Gasteiger partial charge is 0.304 e. The van der Waals surface area contributed by atoms with Crippen LogP contribution in [0.15, 0.2) is 6.20 Å². The Morgan fingerprint density at radius 1 is 1.25 bits per heavy atom. The Kier molecular flexibility index (Phi) is 4.13. The lowest BCUT2D eigenvalue weighted by Gasteiger charge is -2.36. The fraction of sp³-hybridized carbons (Fsp3) is 0.812. The van der Waals surface area contributed by atoms with Crippen molar-refractivity contribution in [3.05, 3.63) is 17.5 Å². The minimum absolute atomic E-state index is 0.743. The monoisotopic (exact) mass is 276 g/mol. The summed E-state index contributed by atoms with van der Waals surface area (Å²) >= 11 is 0. The Labute approximate surface area is 122 Å². The van der Waals surface area contributed by atoms with Crippen LogP contribution in [0.5, 0.6) is 0 Å². The molecule has 3 aliphatic heterocycles. The van der Waals surface area contributed by atoms with Crippen LogP contribution in [0.25, 0.3) is 0 Å². The standard InChI is InChI=1S/C16H28N4/c1-4-7-20-11-15(13(2)17-20)10-19-9-14-5-6-16(19)12-18(3)8-14/h11,14,16H,4-10,12H2,1-3H3/t14-,16+/m1/s1. The molecule has 4 heteroatoms. The first kappa shape index (κ1) is 14.1. The third kappa shape index (κ3) is 2.91. The van der Waals surface area contributed by atoms with Gasteiger partial charge in [0.1, 0.15) is 0 Å². The molecular formula is C16H28N4. The molecule has 4 heterocycles. The van der Waals surface area contributed by atoms with E-state index < -0.39 is 0 Å². The molecule has 4 nitrogen and oxygen atoms in total. The average Bonchev–Trinajstić information content (AvgIpc) is 2.57. The van der Waals surface area contributed by atoms with Gasteiger partial charge in [0, 0.05) is 50.5 Å². The molecule has 0 saturated carbocycles. The van der Waals surface area contributed by atoms with Crippen molar-refractivity contribution in [1.29, 1.82) is 0 Å². The maximum absolute atomic E-state index is 4.65. The Morgan fingerprint density at radius 2 is 2.10 bits per heavy atom. The van der Waals surface area contributed by atoms with Gasteiger partial charge in [0.05, 0.1) is 5.69 Å². The first-order valence-corrected chi connectivity index (χ1v) is 8.11. The second kappa shape index (κ2) is 5.86. The molecule has 0 amide bonds. The summed E-state index contributed by atoms with van der Waals surface area (Å²) in [5, 5.41) is 4.65. The number of piperidine rings is 1. The summed E-state index contributed by atoms with van der Waals surface area (Å²) in [5.74, 6) is 0.866. The first-order valence-electron chi connectivity index (χ1n) is 8.11. The molecule has 3 aliphatic rings. The summed E-state index contributed by atoms with van der Waals surface area (Å²) in [7, 11) is 2.28. The molecule has 112 valence electrons. The van der Waals surface area contributed by atoms with E-state index >= 15 is 0 Å². The highest BCUT2D eigenvalue weighted by Gasteiger charge is 2.33. The van der Waals surface area contributed by atoms with E-state index in [4.69, 9.17) is 0 Å². The fourth-order valence-corrected chi connectivity index (χ4v) is 3.88. The van der Waals surface area contributed by atoms with Crippen LogP contribution >= 0.6 is 0 Å². The zero-order valence-electron chi connectivity index (χ0n) is 13.2. The number of hydrogen-bond donors (Lipinski definition) is 0. The van der Waals surface area contributed by atoms with Crippen molar-refractivity contribution in [3.8, 4) is 0 Å². The number of rotatable bonds is 4. The van der Waals surface area contributed by atoms with E-state index in [1.807, 2.05) is 0 Å². The predicted octanol–water partition coefficient (Wildman–Crippen LogP) is 2.13. The molecule has 3 fully saturated rings. The van der Waals surface area contributed by atoms with Crippen LogP contribution < -0.4 is 0 Å². The summed E-state index contributed by atoms with van der Waals surface area (Å²) in [5.41, 5.74) is 2.64.